The molecule has 3 aromatic carbocycles. The Kier molecular flexibility index (Phi) is 10.5. The summed E-state index contributed by atoms with van der Waals surface area (Å²) < 4.78 is 28.5. The molecule has 3 saturated heterocycles. The number of hydrogen-bond donors (Lipinski definition) is 1. The zero-order chi connectivity index (χ0) is 33.8. The van der Waals surface area contributed by atoms with Crippen molar-refractivity contribution in [1.82, 2.24) is 19.8 Å². The molecule has 7 rings (SSSR count). The average Bonchev–Trinajstić information content (AvgIpc) is 3.68. The number of carbonyl (C=O) groups is 2. The number of imide groups is 1. The van der Waals surface area contributed by atoms with Gasteiger partial charge >= 0.3 is 6.87 Å². The molecule has 3 aromatic rings. The molecule has 9 nitrogen and oxygen atoms in total. The molecule has 2 amide bonds. The van der Waals surface area contributed by atoms with Gasteiger partial charge in [-0.25, -0.2) is 4.67 Å². The van der Waals surface area contributed by atoms with Crippen LogP contribution in [0.15, 0.2) is 103 Å². The quantitative estimate of drug-likeness (QED) is 0.161. The van der Waals surface area contributed by atoms with Crippen LogP contribution in [-0.2, 0) is 29.0 Å². The van der Waals surface area contributed by atoms with Gasteiger partial charge in [0.05, 0.1) is 30.3 Å². The van der Waals surface area contributed by atoms with Crippen molar-refractivity contribution in [2.24, 2.45) is 5.92 Å². The molecule has 258 valence electrons. The summed E-state index contributed by atoms with van der Waals surface area (Å²) in [6, 6.07) is 31.5. The van der Waals surface area contributed by atoms with Crippen LogP contribution in [0, 0.1) is 5.92 Å². The highest BCUT2D eigenvalue weighted by atomic mass is 35.7. The molecule has 4 heterocycles. The fraction of sp³-hybridized carbons (Fsp3) is 0.421. The van der Waals surface area contributed by atoms with Crippen molar-refractivity contribution in [1.29, 1.82) is 0 Å². The van der Waals surface area contributed by atoms with Crippen LogP contribution in [0.2, 0.25) is 0 Å². The summed E-state index contributed by atoms with van der Waals surface area (Å²) >= 11 is 6.74. The van der Waals surface area contributed by atoms with Gasteiger partial charge in [-0.3, -0.25) is 24.4 Å². The van der Waals surface area contributed by atoms with Crippen molar-refractivity contribution < 1.29 is 23.4 Å². The van der Waals surface area contributed by atoms with Crippen molar-refractivity contribution in [3.05, 3.63) is 120 Å². The smallest absolute Gasteiger partial charge is 0.363 e. The molecular formula is C38H44ClN4O5P. The van der Waals surface area contributed by atoms with Crippen LogP contribution in [0.3, 0.4) is 0 Å². The third-order valence-electron chi connectivity index (χ3n) is 10.5. The van der Waals surface area contributed by atoms with Gasteiger partial charge in [-0.1, -0.05) is 97.1 Å². The molecule has 4 aliphatic heterocycles. The number of hydrogen-bond acceptors (Lipinski definition) is 7. The number of likely N-dealkylation sites (tertiary alicyclic amines) is 1. The zero-order valence-electron chi connectivity index (χ0n) is 27.6. The van der Waals surface area contributed by atoms with E-state index in [1.165, 1.54) is 18.9 Å². The first-order valence-corrected chi connectivity index (χ1v) is 19.9. The molecule has 0 radical (unpaired) electrons. The topological polar surface area (TPSA) is 91.4 Å². The number of ether oxygens (including phenoxy) is 1. The second-order valence-corrected chi connectivity index (χ2v) is 16.4. The monoisotopic (exact) mass is 702 g/mol. The first kappa shape index (κ1) is 34.3. The number of piperidine rings is 1. The lowest BCUT2D eigenvalue weighted by atomic mass is 9.74. The molecule has 0 bridgehead atoms. The maximum atomic E-state index is 13.9. The average molecular weight is 703 g/mol. The molecule has 1 N–H and O–H groups in total. The largest absolute Gasteiger partial charge is 0.369 e. The Morgan fingerprint density at radius 1 is 0.816 bits per heavy atom. The zero-order valence-corrected chi connectivity index (χ0v) is 29.3. The van der Waals surface area contributed by atoms with Crippen LogP contribution in [0.4, 0.5) is 0 Å². The predicted octanol–water partition coefficient (Wildman–Crippen LogP) is 5.80. The SMILES string of the molecule is O=C1C=CC([C@H]2CN(C(c3ccccc3)(c3ccccc3)c3ccccc3)C[C@@H](COP(=O)(Cl)N3CCC(N4CCCC4)CC3)O2)C(=O)N1. The summed E-state index contributed by atoms with van der Waals surface area (Å²) in [6.07, 6.45) is 6.10. The van der Waals surface area contributed by atoms with E-state index >= 15 is 0 Å². The number of benzene rings is 3. The summed E-state index contributed by atoms with van der Waals surface area (Å²) in [7, 11) is 0. The lowest BCUT2D eigenvalue weighted by molar-refractivity contribution is -0.150. The van der Waals surface area contributed by atoms with Gasteiger partial charge < -0.3 is 14.2 Å². The van der Waals surface area contributed by atoms with Gasteiger partial charge in [0.15, 0.2) is 0 Å². The highest BCUT2D eigenvalue weighted by molar-refractivity contribution is 7.83. The molecule has 49 heavy (non-hydrogen) atoms. The number of carbonyl (C=O) groups excluding carboxylic acids is 2. The van der Waals surface area contributed by atoms with Gasteiger partial charge in [0.1, 0.15) is 0 Å². The Balaban J connectivity index is 1.21. The fourth-order valence-electron chi connectivity index (χ4n) is 8.16. The third-order valence-corrected chi connectivity index (χ3v) is 13.0. The predicted molar refractivity (Wildman–Crippen MR) is 190 cm³/mol. The minimum Gasteiger partial charge on any atom is -0.369 e. The fourth-order valence-corrected chi connectivity index (χ4v) is 10.0. The molecule has 2 unspecified atom stereocenters. The van der Waals surface area contributed by atoms with E-state index in [4.69, 9.17) is 20.5 Å². The molecule has 0 aromatic heterocycles. The highest BCUT2D eigenvalue weighted by Crippen LogP contribution is 2.57. The van der Waals surface area contributed by atoms with Crippen LogP contribution in [0.25, 0.3) is 0 Å². The minimum absolute atomic E-state index is 0.0226. The lowest BCUT2D eigenvalue weighted by Gasteiger charge is -2.51. The molecule has 4 aliphatic rings. The first-order chi connectivity index (χ1) is 23.8. The number of morpholine rings is 1. The van der Waals surface area contributed by atoms with E-state index < -0.39 is 42.4 Å². The van der Waals surface area contributed by atoms with Gasteiger partial charge in [-0.15, -0.1) is 0 Å². The summed E-state index contributed by atoms with van der Waals surface area (Å²) in [5, 5.41) is 2.44. The van der Waals surface area contributed by atoms with E-state index in [0.717, 1.165) is 42.6 Å². The Morgan fingerprint density at radius 3 is 1.90 bits per heavy atom. The maximum Gasteiger partial charge on any atom is 0.363 e. The molecule has 0 saturated carbocycles. The number of halogens is 1. The highest BCUT2D eigenvalue weighted by Gasteiger charge is 2.48. The van der Waals surface area contributed by atoms with E-state index in [2.05, 4.69) is 51.5 Å². The van der Waals surface area contributed by atoms with E-state index in [0.29, 0.717) is 32.2 Å². The summed E-state index contributed by atoms with van der Waals surface area (Å²) in [4.78, 5) is 30.2. The number of nitrogens with one attached hydrogen (secondary N) is 1. The van der Waals surface area contributed by atoms with E-state index in [1.807, 2.05) is 54.6 Å². The number of amides is 2. The summed E-state index contributed by atoms with van der Waals surface area (Å²) in [5.74, 6) is -1.57. The van der Waals surface area contributed by atoms with Gasteiger partial charge in [-0.05, 0) is 66.7 Å². The molecule has 3 fully saturated rings. The molecule has 0 aliphatic carbocycles. The first-order valence-electron chi connectivity index (χ1n) is 17.4. The van der Waals surface area contributed by atoms with E-state index in [1.54, 1.807) is 10.7 Å². The number of nitrogens with zero attached hydrogens (tertiary/aromatic N) is 3. The Bertz CT molecular complexity index is 1570. The standard InChI is InChI=1S/C38H44ClN4O5P/c39-49(46,43-24-20-32(21-25-43)41-22-10-11-23-41)47-28-33-26-42(27-35(48-33)34-18-19-36(44)40-37(34)45)38(29-12-4-1-5-13-29,30-14-6-2-7-15-30)31-16-8-3-9-17-31/h1-9,12-19,32-35H,10-11,20-28H2,(H,40,44,45)/t33-,34?,35+,49?/m0/s1. The lowest BCUT2D eigenvalue weighted by Crippen LogP contribution is -2.61. The third kappa shape index (κ3) is 7.22. The van der Waals surface area contributed by atoms with Crippen LogP contribution in [-0.4, -0.2) is 90.4 Å². The van der Waals surface area contributed by atoms with Gasteiger partial charge in [0.25, 0.3) is 0 Å². The van der Waals surface area contributed by atoms with Gasteiger partial charge in [0.2, 0.25) is 11.8 Å². The Hall–Kier alpha value is -3.14. The molecular weight excluding hydrogens is 659 g/mol. The molecule has 0 spiro atoms. The van der Waals surface area contributed by atoms with Crippen molar-refractivity contribution in [2.75, 3.05) is 45.9 Å². The Labute approximate surface area is 293 Å². The van der Waals surface area contributed by atoms with Crippen molar-refractivity contribution in [2.45, 2.75) is 49.5 Å². The summed E-state index contributed by atoms with van der Waals surface area (Å²) in [5.41, 5.74) is 2.37. The van der Waals surface area contributed by atoms with Crippen molar-refractivity contribution in [3.8, 4) is 0 Å². The van der Waals surface area contributed by atoms with Crippen LogP contribution >= 0.6 is 18.1 Å². The van der Waals surface area contributed by atoms with Gasteiger partial charge in [-0.2, -0.15) is 0 Å². The van der Waals surface area contributed by atoms with Gasteiger partial charge in [0, 0.05) is 38.3 Å². The Morgan fingerprint density at radius 2 is 1.37 bits per heavy atom. The van der Waals surface area contributed by atoms with E-state index in [-0.39, 0.29) is 6.61 Å². The second-order valence-electron chi connectivity index (χ2n) is 13.4. The van der Waals surface area contributed by atoms with E-state index in [9.17, 15) is 14.2 Å². The summed E-state index contributed by atoms with van der Waals surface area (Å²) in [6.45, 7) is 0.596. The normalized spacial score (nSPS) is 26.0. The van der Waals surface area contributed by atoms with Crippen molar-refractivity contribution in [3.63, 3.8) is 0 Å². The van der Waals surface area contributed by atoms with Crippen molar-refractivity contribution >= 4 is 29.9 Å². The minimum atomic E-state index is -3.65. The second kappa shape index (κ2) is 15.0. The number of rotatable bonds is 10. The molecule has 4 atom stereocenters. The maximum absolute atomic E-state index is 13.9. The van der Waals surface area contributed by atoms with Crippen LogP contribution in [0.1, 0.15) is 42.4 Å². The van der Waals surface area contributed by atoms with Crippen LogP contribution in [0.5, 0.6) is 0 Å². The molecule has 11 heteroatoms. The van der Waals surface area contributed by atoms with Crippen LogP contribution < -0.4 is 5.32 Å².